The number of carboxylic acid groups (broad SMARTS) is 1. The van der Waals surface area contributed by atoms with Gasteiger partial charge in [0, 0.05) is 11.3 Å². The number of hydrazine groups is 2. The van der Waals surface area contributed by atoms with Crippen molar-refractivity contribution in [2.45, 2.75) is 18.7 Å². The molecule has 0 bridgehead atoms. The summed E-state index contributed by atoms with van der Waals surface area (Å²) in [6.07, 6.45) is 0. The number of nitrogens with one attached hydrogen (secondary N) is 2. The quantitative estimate of drug-likeness (QED) is 0.443. The van der Waals surface area contributed by atoms with E-state index in [4.69, 9.17) is 0 Å². The van der Waals surface area contributed by atoms with Crippen LogP contribution >= 0.6 is 0 Å². The predicted octanol–water partition coefficient (Wildman–Crippen LogP) is 2.68. The van der Waals surface area contributed by atoms with Crippen LogP contribution < -0.4 is 15.7 Å². The van der Waals surface area contributed by atoms with Crippen LogP contribution in [-0.2, 0) is 10.1 Å². The summed E-state index contributed by atoms with van der Waals surface area (Å²) in [6, 6.07) is 13.8. The molecule has 31 heavy (non-hydrogen) atoms. The molecule has 10 nitrogen and oxygen atoms in total. The number of aromatic carboxylic acids is 1. The van der Waals surface area contributed by atoms with Crippen LogP contribution in [0, 0.1) is 13.8 Å². The molecule has 4 N–H and O–H groups in total. The molecule has 4 rings (SSSR count). The van der Waals surface area contributed by atoms with Gasteiger partial charge < -0.3 is 10.1 Å². The molecule has 0 radical (unpaired) electrons. The first kappa shape index (κ1) is 20.4. The van der Waals surface area contributed by atoms with E-state index < -0.39 is 16.1 Å². The number of H-pyrrole nitrogens is 1. The third kappa shape index (κ3) is 3.96. The van der Waals surface area contributed by atoms with Gasteiger partial charge in [0.1, 0.15) is 0 Å². The Bertz CT molecular complexity index is 1280. The minimum atomic E-state index is -4.32. The summed E-state index contributed by atoms with van der Waals surface area (Å²) in [4.78, 5) is 14.3. The van der Waals surface area contributed by atoms with Crippen molar-refractivity contribution in [2.75, 3.05) is 10.2 Å². The summed E-state index contributed by atoms with van der Waals surface area (Å²) >= 11 is 0. The molecule has 0 unspecified atom stereocenters. The van der Waals surface area contributed by atoms with Gasteiger partial charge in [0.15, 0.2) is 11.7 Å². The number of aryl methyl sites for hydroxylation is 2. The molecule has 0 amide bonds. The van der Waals surface area contributed by atoms with E-state index in [0.29, 0.717) is 22.9 Å². The third-order valence-corrected chi connectivity index (χ3v) is 5.70. The second-order valence-corrected chi connectivity index (χ2v) is 8.40. The largest absolute Gasteiger partial charge is 0.478 e. The lowest BCUT2D eigenvalue weighted by molar-refractivity contribution is 0.0697. The number of amidine groups is 1. The van der Waals surface area contributed by atoms with Gasteiger partial charge in [-0.05, 0) is 61.9 Å². The Hall–Kier alpha value is -3.83. The van der Waals surface area contributed by atoms with Crippen LogP contribution in [0.1, 0.15) is 27.2 Å². The number of rotatable bonds is 5. The minimum absolute atomic E-state index is 0.121. The first-order valence-electron chi connectivity index (χ1n) is 9.16. The number of anilines is 2. The van der Waals surface area contributed by atoms with Crippen molar-refractivity contribution in [3.05, 3.63) is 77.0 Å². The Morgan fingerprint density at radius 2 is 1.77 bits per heavy atom. The fourth-order valence-electron chi connectivity index (χ4n) is 3.07. The first-order valence-corrected chi connectivity index (χ1v) is 10.6. The van der Waals surface area contributed by atoms with Gasteiger partial charge in [-0.15, -0.1) is 10.2 Å². The maximum Gasteiger partial charge on any atom is 0.335 e. The lowest BCUT2D eigenvalue weighted by atomic mass is 10.1. The number of hydrazone groups is 1. The average Bonchev–Trinajstić information content (AvgIpc) is 3.31. The van der Waals surface area contributed by atoms with Gasteiger partial charge in [-0.1, -0.05) is 12.1 Å². The monoisotopic (exact) mass is 441 g/mol. The zero-order valence-electron chi connectivity index (χ0n) is 16.6. The normalized spacial score (nSPS) is 13.8. The molecule has 160 valence electrons. The van der Waals surface area contributed by atoms with Gasteiger partial charge in [0.05, 0.1) is 16.1 Å². The van der Waals surface area contributed by atoms with Gasteiger partial charge in [-0.2, -0.15) is 13.5 Å². The summed E-state index contributed by atoms with van der Waals surface area (Å²) in [5, 5.41) is 17.0. The smallest absolute Gasteiger partial charge is 0.335 e. The Kier molecular flexibility index (Phi) is 4.91. The van der Waals surface area contributed by atoms with Crippen molar-refractivity contribution < 1.29 is 22.9 Å². The van der Waals surface area contributed by atoms with E-state index in [-0.39, 0.29) is 10.5 Å². The Balaban J connectivity index is 1.76. The molecular weight excluding hydrogens is 422 g/mol. The highest BCUT2D eigenvalue weighted by Gasteiger charge is 2.28. The first-order chi connectivity index (χ1) is 14.6. The van der Waals surface area contributed by atoms with Gasteiger partial charge >= 0.3 is 5.97 Å². The molecule has 0 aliphatic carbocycles. The van der Waals surface area contributed by atoms with E-state index in [1.807, 2.05) is 19.9 Å². The van der Waals surface area contributed by atoms with Gasteiger partial charge in [0.25, 0.3) is 10.1 Å². The third-order valence-electron chi connectivity index (χ3n) is 4.83. The fourth-order valence-corrected chi connectivity index (χ4v) is 3.55. The molecule has 1 aromatic heterocycles. The van der Waals surface area contributed by atoms with Crippen LogP contribution in [0.4, 0.5) is 11.5 Å². The fraction of sp³-hybridized carbons (Fsp3) is 0.100. The SMILES string of the molecule is Cc1cc(N2N=C(c3cccc(C(=O)O)c3)NN2c2ccc(S(=O)(=O)O)cc2)[nH]c1C. The van der Waals surface area contributed by atoms with Crippen molar-refractivity contribution in [3.8, 4) is 0 Å². The van der Waals surface area contributed by atoms with Crippen LogP contribution in [0.25, 0.3) is 0 Å². The maximum atomic E-state index is 11.4. The second-order valence-electron chi connectivity index (χ2n) is 6.98. The summed E-state index contributed by atoms with van der Waals surface area (Å²) in [5.41, 5.74) is 6.29. The van der Waals surface area contributed by atoms with Gasteiger partial charge in [-0.25, -0.2) is 4.79 Å². The molecule has 11 heteroatoms. The predicted molar refractivity (Wildman–Crippen MR) is 115 cm³/mol. The molecule has 0 atom stereocenters. The van der Waals surface area contributed by atoms with Crippen LogP contribution in [0.5, 0.6) is 0 Å². The highest BCUT2D eigenvalue weighted by molar-refractivity contribution is 7.85. The standard InChI is InChI=1S/C20H19N5O5S/c1-12-10-18(21-13(12)2)25-23-19(14-4-3-5-15(11-14)20(26)27)22-24(25)16-6-8-17(9-7-16)31(28,29)30/h3-11,21H,1-2H3,(H,22,23)(H,26,27)(H,28,29,30). The number of aromatic nitrogens is 1. The average molecular weight is 441 g/mol. The van der Waals surface area contributed by atoms with Gasteiger partial charge in [-0.3, -0.25) is 9.98 Å². The van der Waals surface area contributed by atoms with Crippen molar-refractivity contribution in [1.29, 1.82) is 0 Å². The molecule has 0 spiro atoms. The summed E-state index contributed by atoms with van der Waals surface area (Å²) in [6.45, 7) is 3.87. The number of hydrogen-bond acceptors (Lipinski definition) is 7. The number of carbonyl (C=O) groups is 1. The Labute approximate surface area is 178 Å². The summed E-state index contributed by atoms with van der Waals surface area (Å²) in [7, 11) is -4.32. The minimum Gasteiger partial charge on any atom is -0.478 e. The van der Waals surface area contributed by atoms with Crippen molar-refractivity contribution in [1.82, 2.24) is 10.4 Å². The number of hydrogen-bond donors (Lipinski definition) is 4. The molecule has 2 heterocycles. The molecule has 0 fully saturated rings. The number of benzene rings is 2. The Morgan fingerprint density at radius 1 is 1.06 bits per heavy atom. The lowest BCUT2D eigenvalue weighted by Crippen LogP contribution is -2.44. The van der Waals surface area contributed by atoms with Crippen molar-refractivity contribution >= 4 is 33.4 Å². The summed E-state index contributed by atoms with van der Waals surface area (Å²) < 4.78 is 31.9. The molecule has 2 aromatic carbocycles. The molecule has 1 aliphatic rings. The van der Waals surface area contributed by atoms with Crippen LogP contribution in [0.2, 0.25) is 0 Å². The molecular formula is C20H19N5O5S. The van der Waals surface area contributed by atoms with E-state index >= 15 is 0 Å². The number of carboxylic acids is 1. The lowest BCUT2D eigenvalue weighted by Gasteiger charge is -2.26. The molecule has 0 saturated heterocycles. The van der Waals surface area contributed by atoms with Crippen molar-refractivity contribution in [3.63, 3.8) is 0 Å². The molecule has 1 aliphatic heterocycles. The van der Waals surface area contributed by atoms with E-state index in [1.54, 1.807) is 22.4 Å². The summed E-state index contributed by atoms with van der Waals surface area (Å²) in [5.74, 6) is -0.0109. The highest BCUT2D eigenvalue weighted by Crippen LogP contribution is 2.27. The zero-order chi connectivity index (χ0) is 22.3. The topological polar surface area (TPSA) is 138 Å². The van der Waals surface area contributed by atoms with Gasteiger partial charge in [0.2, 0.25) is 0 Å². The Morgan fingerprint density at radius 3 is 2.35 bits per heavy atom. The maximum absolute atomic E-state index is 11.4. The molecule has 3 aromatic rings. The van der Waals surface area contributed by atoms with E-state index in [9.17, 15) is 22.9 Å². The van der Waals surface area contributed by atoms with Crippen LogP contribution in [0.15, 0.2) is 64.6 Å². The van der Waals surface area contributed by atoms with Crippen molar-refractivity contribution in [2.24, 2.45) is 5.10 Å². The van der Waals surface area contributed by atoms with Crippen LogP contribution in [0.3, 0.4) is 0 Å². The number of nitrogens with zero attached hydrogens (tertiary/aromatic N) is 3. The van der Waals surface area contributed by atoms with E-state index in [2.05, 4.69) is 15.5 Å². The zero-order valence-corrected chi connectivity index (χ0v) is 17.4. The molecule has 0 saturated carbocycles. The van der Waals surface area contributed by atoms with E-state index in [1.165, 1.54) is 36.4 Å². The van der Waals surface area contributed by atoms with E-state index in [0.717, 1.165) is 11.3 Å². The highest BCUT2D eigenvalue weighted by atomic mass is 32.2. The van der Waals surface area contributed by atoms with Crippen LogP contribution in [-0.4, -0.2) is 34.9 Å². The second kappa shape index (κ2) is 7.45. The number of aromatic amines is 1.